The molecule has 1 N–H and O–H groups in total. The highest BCUT2D eigenvalue weighted by Gasteiger charge is 2.17. The third-order valence-electron chi connectivity index (χ3n) is 2.78. The monoisotopic (exact) mass is 267 g/mol. The van der Waals surface area contributed by atoms with Crippen molar-refractivity contribution < 1.29 is 4.79 Å². The van der Waals surface area contributed by atoms with Gasteiger partial charge in [0.15, 0.2) is 0 Å². The minimum absolute atomic E-state index is 0.0638. The summed E-state index contributed by atoms with van der Waals surface area (Å²) in [4.78, 5) is 12.0. The minimum Gasteiger partial charge on any atom is -0.352 e. The quantitative estimate of drug-likeness (QED) is 0.821. The molecule has 1 aromatic carbocycles. The molecule has 2 nitrogen and oxygen atoms in total. The van der Waals surface area contributed by atoms with E-state index in [0.717, 1.165) is 24.9 Å². The van der Waals surface area contributed by atoms with E-state index in [9.17, 15) is 4.79 Å². The van der Waals surface area contributed by atoms with Crippen LogP contribution >= 0.6 is 15.9 Å². The molecule has 2 rings (SSSR count). The molecule has 3 heteroatoms. The zero-order chi connectivity index (χ0) is 10.8. The second-order valence-corrected chi connectivity index (χ2v) is 4.90. The number of amides is 1. The molecule has 0 saturated carbocycles. The van der Waals surface area contributed by atoms with Crippen LogP contribution in [0, 0.1) is 0 Å². The van der Waals surface area contributed by atoms with Gasteiger partial charge in [0.2, 0.25) is 0 Å². The number of nitrogens with one attached hydrogen (secondary N) is 1. The van der Waals surface area contributed by atoms with Crippen molar-refractivity contribution in [3.63, 3.8) is 0 Å². The molecular weight excluding hydrogens is 254 g/mol. The molecule has 1 atom stereocenters. The Morgan fingerprint density at radius 1 is 1.53 bits per heavy atom. The van der Waals surface area contributed by atoms with Gasteiger partial charge in [-0.15, -0.1) is 0 Å². The molecule has 15 heavy (non-hydrogen) atoms. The predicted octanol–water partition coefficient (Wildman–Crippen LogP) is 2.82. The van der Waals surface area contributed by atoms with Crippen molar-refractivity contribution in [1.82, 2.24) is 5.32 Å². The molecule has 0 radical (unpaired) electrons. The van der Waals surface area contributed by atoms with Gasteiger partial charge in [-0.05, 0) is 30.0 Å². The van der Waals surface area contributed by atoms with Crippen molar-refractivity contribution in [3.8, 4) is 0 Å². The summed E-state index contributed by atoms with van der Waals surface area (Å²) in [7, 11) is 0. The van der Waals surface area contributed by atoms with E-state index in [-0.39, 0.29) is 5.91 Å². The van der Waals surface area contributed by atoms with Crippen LogP contribution in [0.25, 0.3) is 0 Å². The summed E-state index contributed by atoms with van der Waals surface area (Å²) in [5.74, 6) is 0.0638. The maximum absolute atomic E-state index is 11.6. The normalized spacial score (nSPS) is 16.8. The lowest BCUT2D eigenvalue weighted by Gasteiger charge is -2.18. The number of alkyl halides is 1. The maximum Gasteiger partial charge on any atom is 0.251 e. The molecule has 1 aliphatic rings. The van der Waals surface area contributed by atoms with E-state index in [0.29, 0.717) is 4.83 Å². The molecule has 0 aromatic heterocycles. The summed E-state index contributed by atoms with van der Waals surface area (Å²) in [6.45, 7) is 2.88. The topological polar surface area (TPSA) is 29.1 Å². The Morgan fingerprint density at radius 3 is 3.07 bits per heavy atom. The SMILES string of the molecule is CCC(Br)c1ccc2c(c1)C(=O)NCC2. The van der Waals surface area contributed by atoms with Gasteiger partial charge in [-0.25, -0.2) is 0 Å². The van der Waals surface area contributed by atoms with Gasteiger partial charge in [0.25, 0.3) is 5.91 Å². The smallest absolute Gasteiger partial charge is 0.251 e. The Hall–Kier alpha value is -0.830. The van der Waals surface area contributed by atoms with Crippen LogP contribution in [0.1, 0.15) is 39.7 Å². The summed E-state index contributed by atoms with van der Waals surface area (Å²) in [5.41, 5.74) is 3.20. The fourth-order valence-corrected chi connectivity index (χ4v) is 2.14. The average molecular weight is 268 g/mol. The fraction of sp³-hybridized carbons (Fsp3) is 0.417. The van der Waals surface area contributed by atoms with Crippen molar-refractivity contribution >= 4 is 21.8 Å². The van der Waals surface area contributed by atoms with Crippen molar-refractivity contribution in [2.45, 2.75) is 24.6 Å². The van der Waals surface area contributed by atoms with Gasteiger partial charge in [-0.1, -0.05) is 35.0 Å². The van der Waals surface area contributed by atoms with Gasteiger partial charge in [-0.3, -0.25) is 4.79 Å². The molecule has 0 spiro atoms. The van der Waals surface area contributed by atoms with Gasteiger partial charge in [-0.2, -0.15) is 0 Å². The Kier molecular flexibility index (Phi) is 3.10. The Bertz CT molecular complexity index is 389. The number of rotatable bonds is 2. The van der Waals surface area contributed by atoms with Gasteiger partial charge in [0.05, 0.1) is 0 Å². The van der Waals surface area contributed by atoms with Crippen molar-refractivity contribution in [2.24, 2.45) is 0 Å². The molecule has 0 aliphatic carbocycles. The summed E-state index contributed by atoms with van der Waals surface area (Å²) in [6.07, 6.45) is 1.97. The first-order chi connectivity index (χ1) is 7.22. The fourth-order valence-electron chi connectivity index (χ4n) is 1.86. The number of fused-ring (bicyclic) bond motifs is 1. The average Bonchev–Trinajstić information content (AvgIpc) is 2.28. The number of benzene rings is 1. The van der Waals surface area contributed by atoms with E-state index in [2.05, 4.69) is 40.3 Å². The number of carbonyl (C=O) groups is 1. The number of hydrogen-bond donors (Lipinski definition) is 1. The molecule has 0 saturated heterocycles. The van der Waals surface area contributed by atoms with Gasteiger partial charge >= 0.3 is 0 Å². The van der Waals surface area contributed by atoms with Crippen molar-refractivity contribution in [2.75, 3.05) is 6.54 Å². The molecule has 1 aliphatic heterocycles. The number of halogens is 1. The zero-order valence-corrected chi connectivity index (χ0v) is 10.3. The van der Waals surface area contributed by atoms with Crippen LogP contribution in [0.2, 0.25) is 0 Å². The first-order valence-corrected chi connectivity index (χ1v) is 6.19. The van der Waals surface area contributed by atoms with Gasteiger partial charge < -0.3 is 5.32 Å². The highest BCUT2D eigenvalue weighted by atomic mass is 79.9. The third kappa shape index (κ3) is 2.07. The van der Waals surface area contributed by atoms with E-state index in [1.807, 2.05) is 6.07 Å². The first kappa shape index (κ1) is 10.7. The zero-order valence-electron chi connectivity index (χ0n) is 8.72. The van der Waals surface area contributed by atoms with E-state index in [1.54, 1.807) is 0 Å². The predicted molar refractivity (Wildman–Crippen MR) is 64.4 cm³/mol. The van der Waals surface area contributed by atoms with Crippen LogP contribution in [0.15, 0.2) is 18.2 Å². The molecular formula is C12H14BrNO. The van der Waals surface area contributed by atoms with Crippen LogP contribution in [-0.2, 0) is 6.42 Å². The standard InChI is InChI=1S/C12H14BrNO/c1-2-11(13)9-4-3-8-5-6-14-12(15)10(8)7-9/h3-4,7,11H,2,5-6H2,1H3,(H,14,15). The maximum atomic E-state index is 11.6. The van der Waals surface area contributed by atoms with Crippen LogP contribution in [-0.4, -0.2) is 12.5 Å². The summed E-state index contributed by atoms with van der Waals surface area (Å²) >= 11 is 3.60. The van der Waals surface area contributed by atoms with E-state index >= 15 is 0 Å². The van der Waals surface area contributed by atoms with E-state index in [1.165, 1.54) is 11.1 Å². The molecule has 1 aromatic rings. The summed E-state index contributed by atoms with van der Waals surface area (Å²) in [5, 5.41) is 2.87. The largest absolute Gasteiger partial charge is 0.352 e. The molecule has 1 unspecified atom stereocenters. The van der Waals surface area contributed by atoms with Gasteiger partial charge in [0, 0.05) is 16.9 Å². The first-order valence-electron chi connectivity index (χ1n) is 5.27. The number of carbonyl (C=O) groups excluding carboxylic acids is 1. The van der Waals surface area contributed by atoms with Crippen molar-refractivity contribution in [1.29, 1.82) is 0 Å². The second kappa shape index (κ2) is 4.35. The van der Waals surface area contributed by atoms with Crippen molar-refractivity contribution in [3.05, 3.63) is 34.9 Å². The van der Waals surface area contributed by atoms with Crippen LogP contribution in [0.3, 0.4) is 0 Å². The van der Waals surface area contributed by atoms with E-state index in [4.69, 9.17) is 0 Å². The lowest BCUT2D eigenvalue weighted by Crippen LogP contribution is -2.31. The third-order valence-corrected chi connectivity index (χ3v) is 3.95. The molecule has 80 valence electrons. The minimum atomic E-state index is 0.0638. The summed E-state index contributed by atoms with van der Waals surface area (Å²) < 4.78 is 0. The second-order valence-electron chi connectivity index (χ2n) is 3.80. The molecule has 0 fully saturated rings. The molecule has 1 amide bonds. The number of hydrogen-bond acceptors (Lipinski definition) is 1. The Morgan fingerprint density at radius 2 is 2.33 bits per heavy atom. The van der Waals surface area contributed by atoms with Gasteiger partial charge in [0.1, 0.15) is 0 Å². The highest BCUT2D eigenvalue weighted by Crippen LogP contribution is 2.28. The van der Waals surface area contributed by atoms with E-state index < -0.39 is 0 Å². The Balaban J connectivity index is 2.39. The highest BCUT2D eigenvalue weighted by molar-refractivity contribution is 9.09. The lowest BCUT2D eigenvalue weighted by molar-refractivity contribution is 0.0946. The van der Waals surface area contributed by atoms with Crippen LogP contribution < -0.4 is 5.32 Å². The summed E-state index contributed by atoms with van der Waals surface area (Å²) in [6, 6.07) is 6.19. The Labute approximate surface area is 98.2 Å². The molecule has 1 heterocycles. The van der Waals surface area contributed by atoms with Crippen LogP contribution in [0.4, 0.5) is 0 Å². The van der Waals surface area contributed by atoms with Crippen LogP contribution in [0.5, 0.6) is 0 Å². The lowest BCUT2D eigenvalue weighted by atomic mass is 9.96. The molecule has 0 bridgehead atoms.